The van der Waals surface area contributed by atoms with Crippen molar-refractivity contribution in [2.75, 3.05) is 0 Å². The number of benzene rings is 8. The molecule has 0 aliphatic heterocycles. The molecule has 8 aromatic carbocycles. The van der Waals surface area contributed by atoms with Crippen LogP contribution in [0.4, 0.5) is 5.69 Å². The number of nitriles is 1. The highest BCUT2D eigenvalue weighted by Gasteiger charge is 2.21. The molecule has 11 rings (SSSR count). The van der Waals surface area contributed by atoms with Gasteiger partial charge in [0.25, 0.3) is 0 Å². The molecule has 0 aliphatic carbocycles. The molecule has 3 heterocycles. The van der Waals surface area contributed by atoms with Crippen LogP contribution in [-0.4, -0.2) is 13.7 Å². The fourth-order valence-electron chi connectivity index (χ4n) is 8.83. The monoisotopic (exact) mass is 699 g/mol. The Morgan fingerprint density at radius 1 is 0.436 bits per heavy atom. The standard InChI is InChI=1S/C50H29N5/c1-52-33-27-28-47-40(30-33)38-17-4-8-22-44(38)54(47)46-24-11-19-35(41(46)31-51)32-13-10-14-34(29-32)53-45-23-9-5-18-39(45)50-48(53)25-12-26-49(50)55-42-20-6-2-15-36(42)37-16-3-7-21-43(37)55/h2-30H. The normalized spacial score (nSPS) is 11.6. The molecule has 0 spiro atoms. The Morgan fingerprint density at radius 2 is 0.964 bits per heavy atom. The predicted molar refractivity (Wildman–Crippen MR) is 226 cm³/mol. The van der Waals surface area contributed by atoms with Crippen molar-refractivity contribution in [3.05, 3.63) is 193 Å². The van der Waals surface area contributed by atoms with E-state index in [0.717, 1.165) is 61.0 Å². The van der Waals surface area contributed by atoms with E-state index in [2.05, 4.69) is 152 Å². The Kier molecular flexibility index (Phi) is 6.61. The average Bonchev–Trinajstić information content (AvgIpc) is 3.89. The Balaban J connectivity index is 1.13. The van der Waals surface area contributed by atoms with Crippen molar-refractivity contribution in [2.45, 2.75) is 0 Å². The van der Waals surface area contributed by atoms with Crippen molar-refractivity contribution < 1.29 is 0 Å². The average molecular weight is 700 g/mol. The van der Waals surface area contributed by atoms with Gasteiger partial charge >= 0.3 is 0 Å². The zero-order chi connectivity index (χ0) is 36.6. The van der Waals surface area contributed by atoms with E-state index in [9.17, 15) is 5.26 Å². The lowest BCUT2D eigenvalue weighted by atomic mass is 9.98. The van der Waals surface area contributed by atoms with Crippen LogP contribution in [0.25, 0.3) is 98.5 Å². The van der Waals surface area contributed by atoms with Crippen LogP contribution >= 0.6 is 0 Å². The molecule has 0 unspecified atom stereocenters. The van der Waals surface area contributed by atoms with Gasteiger partial charge < -0.3 is 13.7 Å². The molecule has 0 aliphatic rings. The van der Waals surface area contributed by atoms with Crippen molar-refractivity contribution in [1.29, 1.82) is 5.26 Å². The summed E-state index contributed by atoms with van der Waals surface area (Å²) in [7, 11) is 0. The first-order valence-corrected chi connectivity index (χ1v) is 18.3. The lowest BCUT2D eigenvalue weighted by Gasteiger charge is -2.15. The molecule has 254 valence electrons. The minimum Gasteiger partial charge on any atom is -0.309 e. The number of fused-ring (bicyclic) bond motifs is 9. The number of hydrogen-bond acceptors (Lipinski definition) is 1. The van der Waals surface area contributed by atoms with Crippen molar-refractivity contribution in [2.24, 2.45) is 0 Å². The van der Waals surface area contributed by atoms with Gasteiger partial charge in [-0.3, -0.25) is 0 Å². The van der Waals surface area contributed by atoms with Crippen molar-refractivity contribution in [3.8, 4) is 34.3 Å². The summed E-state index contributed by atoms with van der Waals surface area (Å²) >= 11 is 0. The van der Waals surface area contributed by atoms with Crippen molar-refractivity contribution in [3.63, 3.8) is 0 Å². The van der Waals surface area contributed by atoms with Gasteiger partial charge in [0.05, 0.1) is 56.6 Å². The number of rotatable bonds is 4. The van der Waals surface area contributed by atoms with Gasteiger partial charge in [-0.1, -0.05) is 109 Å². The molecule has 0 atom stereocenters. The Bertz CT molecular complexity index is 3420. The highest BCUT2D eigenvalue weighted by molar-refractivity contribution is 6.16. The Labute approximate surface area is 316 Å². The fourth-order valence-corrected chi connectivity index (χ4v) is 8.83. The van der Waals surface area contributed by atoms with Gasteiger partial charge in [-0.15, -0.1) is 0 Å². The number of nitrogens with zero attached hydrogens (tertiary/aromatic N) is 5. The van der Waals surface area contributed by atoms with E-state index in [1.807, 2.05) is 48.5 Å². The predicted octanol–water partition coefficient (Wildman–Crippen LogP) is 13.1. The summed E-state index contributed by atoms with van der Waals surface area (Å²) in [6.45, 7) is 7.62. The Morgan fingerprint density at radius 3 is 1.64 bits per heavy atom. The third kappa shape index (κ3) is 4.39. The van der Waals surface area contributed by atoms with Gasteiger partial charge in [-0.05, 0) is 77.7 Å². The highest BCUT2D eigenvalue weighted by Crippen LogP contribution is 2.41. The van der Waals surface area contributed by atoms with Gasteiger partial charge in [0.15, 0.2) is 5.69 Å². The molecule has 0 bridgehead atoms. The second kappa shape index (κ2) is 11.8. The summed E-state index contributed by atoms with van der Waals surface area (Å²) in [5.41, 5.74) is 12.5. The van der Waals surface area contributed by atoms with Gasteiger partial charge in [-0.2, -0.15) is 5.26 Å². The third-order valence-corrected chi connectivity index (χ3v) is 11.1. The molecule has 0 N–H and O–H groups in total. The topological polar surface area (TPSA) is 42.9 Å². The summed E-state index contributed by atoms with van der Waals surface area (Å²) in [5.74, 6) is 0. The van der Waals surface area contributed by atoms with Crippen LogP contribution in [0.3, 0.4) is 0 Å². The van der Waals surface area contributed by atoms with Crippen LogP contribution in [0.2, 0.25) is 0 Å². The summed E-state index contributed by atoms with van der Waals surface area (Å²) in [6.07, 6.45) is 0. The number of hydrogen-bond donors (Lipinski definition) is 0. The van der Waals surface area contributed by atoms with Gasteiger partial charge in [0, 0.05) is 38.2 Å². The minimum absolute atomic E-state index is 0.590. The van der Waals surface area contributed by atoms with Crippen LogP contribution in [0.1, 0.15) is 5.56 Å². The van der Waals surface area contributed by atoms with Gasteiger partial charge in [0.2, 0.25) is 0 Å². The molecular weight excluding hydrogens is 671 g/mol. The van der Waals surface area contributed by atoms with Gasteiger partial charge in [-0.25, -0.2) is 4.85 Å². The summed E-state index contributed by atoms with van der Waals surface area (Å²) in [4.78, 5) is 3.69. The highest BCUT2D eigenvalue weighted by atomic mass is 15.0. The van der Waals surface area contributed by atoms with E-state index in [4.69, 9.17) is 6.57 Å². The first-order valence-electron chi connectivity index (χ1n) is 18.3. The first kappa shape index (κ1) is 30.7. The SMILES string of the molecule is [C-]#[N+]c1ccc2c(c1)c1ccccc1n2-c1cccc(-c2cccc(-n3c4ccccc4c4c(-n5c6ccccc6c6ccccc65)cccc43)c2)c1C#N. The third-order valence-electron chi connectivity index (χ3n) is 11.1. The summed E-state index contributed by atoms with van der Waals surface area (Å²) in [5, 5.41) is 17.7. The van der Waals surface area contributed by atoms with E-state index < -0.39 is 0 Å². The zero-order valence-electron chi connectivity index (χ0n) is 29.5. The number of aromatic nitrogens is 3. The first-order chi connectivity index (χ1) is 27.2. The molecule has 0 amide bonds. The van der Waals surface area contributed by atoms with Gasteiger partial charge in [0.1, 0.15) is 6.07 Å². The molecular formula is C50H29N5. The molecule has 5 heteroatoms. The maximum atomic E-state index is 10.9. The number of para-hydroxylation sites is 4. The minimum atomic E-state index is 0.590. The van der Waals surface area contributed by atoms with E-state index in [1.54, 1.807) is 0 Å². The fraction of sp³-hybridized carbons (Fsp3) is 0. The van der Waals surface area contributed by atoms with Crippen LogP contribution in [0.15, 0.2) is 176 Å². The molecule has 0 fully saturated rings. The van der Waals surface area contributed by atoms with Crippen molar-refractivity contribution >= 4 is 71.1 Å². The molecule has 3 aromatic heterocycles. The molecule has 5 nitrogen and oxygen atoms in total. The van der Waals surface area contributed by atoms with Crippen LogP contribution in [0, 0.1) is 17.9 Å². The molecule has 0 saturated carbocycles. The second-order valence-electron chi connectivity index (χ2n) is 13.9. The van der Waals surface area contributed by atoms with E-state index in [0.29, 0.717) is 11.3 Å². The second-order valence-corrected chi connectivity index (χ2v) is 13.9. The summed E-state index contributed by atoms with van der Waals surface area (Å²) < 4.78 is 6.92. The Hall–Kier alpha value is -7.86. The van der Waals surface area contributed by atoms with Crippen LogP contribution in [0.5, 0.6) is 0 Å². The van der Waals surface area contributed by atoms with E-state index in [-0.39, 0.29) is 0 Å². The maximum absolute atomic E-state index is 10.9. The van der Waals surface area contributed by atoms with Crippen LogP contribution in [-0.2, 0) is 0 Å². The van der Waals surface area contributed by atoms with E-state index in [1.165, 1.54) is 32.6 Å². The zero-order valence-corrected chi connectivity index (χ0v) is 29.5. The summed E-state index contributed by atoms with van der Waals surface area (Å²) in [6, 6.07) is 63.7. The largest absolute Gasteiger partial charge is 0.309 e. The van der Waals surface area contributed by atoms with E-state index >= 15 is 0 Å². The molecule has 55 heavy (non-hydrogen) atoms. The molecule has 0 radical (unpaired) electrons. The van der Waals surface area contributed by atoms with Crippen molar-refractivity contribution in [1.82, 2.24) is 13.7 Å². The lowest BCUT2D eigenvalue weighted by Crippen LogP contribution is -2.00. The lowest BCUT2D eigenvalue weighted by molar-refractivity contribution is 1.16. The smallest absolute Gasteiger partial charge is 0.188 e. The quantitative estimate of drug-likeness (QED) is 0.169. The maximum Gasteiger partial charge on any atom is 0.188 e. The molecule has 11 aromatic rings. The molecule has 0 saturated heterocycles. The van der Waals surface area contributed by atoms with Crippen LogP contribution < -0.4 is 0 Å².